The van der Waals surface area contributed by atoms with E-state index < -0.39 is 9.84 Å². The monoisotopic (exact) mass is 321 g/mol. The first-order chi connectivity index (χ1) is 8.85. The van der Waals surface area contributed by atoms with Crippen LogP contribution in [-0.4, -0.2) is 31.5 Å². The van der Waals surface area contributed by atoms with Gasteiger partial charge in [-0.25, -0.2) is 8.42 Å². The molecule has 0 fully saturated rings. The van der Waals surface area contributed by atoms with Gasteiger partial charge < -0.3 is 10.5 Å². The van der Waals surface area contributed by atoms with Crippen LogP contribution in [0.1, 0.15) is 18.9 Å². The highest BCUT2D eigenvalue weighted by Crippen LogP contribution is 2.25. The minimum Gasteiger partial charge on any atom is -0.491 e. The van der Waals surface area contributed by atoms with E-state index in [4.69, 9.17) is 34.3 Å². The topological polar surface area (TPSA) is 69.4 Å². The summed E-state index contributed by atoms with van der Waals surface area (Å²) in [7, 11) is -3.05. The Bertz CT molecular complexity index is 558. The summed E-state index contributed by atoms with van der Waals surface area (Å²) in [6.45, 7) is 1.90. The number of nitrogens with two attached hydrogens (primary N) is 1. The molecule has 1 rings (SSSR count). The highest BCUT2D eigenvalue weighted by atomic mass is 35.5. The van der Waals surface area contributed by atoms with Crippen molar-refractivity contribution in [3.05, 3.63) is 28.8 Å². The van der Waals surface area contributed by atoms with Gasteiger partial charge in [0.05, 0.1) is 16.5 Å². The summed E-state index contributed by atoms with van der Waals surface area (Å²) in [6, 6.07) is 4.91. The van der Waals surface area contributed by atoms with Crippen molar-refractivity contribution in [3.8, 4) is 5.75 Å². The Hall–Kier alpha value is -0.850. The molecule has 0 aliphatic heterocycles. The van der Waals surface area contributed by atoms with Crippen LogP contribution in [-0.2, 0) is 9.84 Å². The van der Waals surface area contributed by atoms with Crippen molar-refractivity contribution in [3.63, 3.8) is 0 Å². The molecule has 0 unspecified atom stereocenters. The number of benzene rings is 1. The van der Waals surface area contributed by atoms with Gasteiger partial charge in [0.2, 0.25) is 0 Å². The van der Waals surface area contributed by atoms with E-state index in [1.807, 2.05) is 6.92 Å². The second kappa shape index (κ2) is 7.07. The molecule has 0 spiro atoms. The molecule has 106 valence electrons. The van der Waals surface area contributed by atoms with Crippen LogP contribution in [0, 0.1) is 0 Å². The van der Waals surface area contributed by atoms with Crippen LogP contribution in [0.4, 0.5) is 0 Å². The number of halogens is 1. The maximum atomic E-state index is 11.5. The van der Waals surface area contributed by atoms with Gasteiger partial charge >= 0.3 is 0 Å². The number of rotatable bonds is 7. The average Bonchev–Trinajstić information content (AvgIpc) is 2.30. The standard InChI is InChI=1S/C12H16ClNO3S2/c1-2-6-19(15,16)7-5-17-11-4-3-9(12(14)18)8-10(11)13/h3-4,8H,2,5-7H2,1H3,(H2,14,18). The molecular formula is C12H16ClNO3S2. The summed E-state index contributed by atoms with van der Waals surface area (Å²) in [5.74, 6) is 0.576. The lowest BCUT2D eigenvalue weighted by atomic mass is 10.2. The predicted molar refractivity (Wildman–Crippen MR) is 81.8 cm³/mol. The lowest BCUT2D eigenvalue weighted by molar-refractivity contribution is 0.341. The summed E-state index contributed by atoms with van der Waals surface area (Å²) < 4.78 is 28.4. The van der Waals surface area contributed by atoms with Gasteiger partial charge in [0.25, 0.3) is 0 Å². The normalized spacial score (nSPS) is 11.3. The molecule has 0 aliphatic rings. The summed E-state index contributed by atoms with van der Waals surface area (Å²) in [5.41, 5.74) is 6.12. The van der Waals surface area contributed by atoms with Crippen LogP contribution in [0.15, 0.2) is 18.2 Å². The molecule has 1 aromatic carbocycles. The number of sulfone groups is 1. The van der Waals surface area contributed by atoms with Gasteiger partial charge in [-0.05, 0) is 24.6 Å². The van der Waals surface area contributed by atoms with Crippen LogP contribution in [0.25, 0.3) is 0 Å². The molecule has 1 aromatic rings. The molecule has 0 aliphatic carbocycles. The van der Waals surface area contributed by atoms with Gasteiger partial charge in [0.1, 0.15) is 17.3 Å². The minimum atomic E-state index is -3.05. The third-order valence-electron chi connectivity index (χ3n) is 2.38. The molecule has 19 heavy (non-hydrogen) atoms. The second-order valence-electron chi connectivity index (χ2n) is 4.01. The minimum absolute atomic E-state index is 0.0196. The van der Waals surface area contributed by atoms with Crippen LogP contribution >= 0.6 is 23.8 Å². The summed E-state index contributed by atoms with van der Waals surface area (Å²) in [6.07, 6.45) is 0.603. The van der Waals surface area contributed by atoms with Crippen LogP contribution in [0.3, 0.4) is 0 Å². The molecule has 4 nitrogen and oxygen atoms in total. The molecule has 2 N–H and O–H groups in total. The van der Waals surface area contributed by atoms with E-state index in [9.17, 15) is 8.42 Å². The fourth-order valence-electron chi connectivity index (χ4n) is 1.46. The predicted octanol–water partition coefficient (Wildman–Crippen LogP) is 2.18. The first kappa shape index (κ1) is 16.2. The average molecular weight is 322 g/mol. The van der Waals surface area contributed by atoms with E-state index in [1.54, 1.807) is 18.2 Å². The van der Waals surface area contributed by atoms with Crippen LogP contribution in [0.2, 0.25) is 5.02 Å². The van der Waals surface area contributed by atoms with Crippen molar-refractivity contribution >= 4 is 38.6 Å². The molecule has 0 saturated carbocycles. The molecule has 0 amide bonds. The van der Waals surface area contributed by atoms with E-state index >= 15 is 0 Å². The molecule has 7 heteroatoms. The molecule has 0 saturated heterocycles. The second-order valence-corrected chi connectivity index (χ2v) is 7.16. The van der Waals surface area contributed by atoms with E-state index in [0.717, 1.165) is 0 Å². The zero-order chi connectivity index (χ0) is 14.5. The van der Waals surface area contributed by atoms with Gasteiger partial charge in [0, 0.05) is 5.56 Å². The van der Waals surface area contributed by atoms with Crippen LogP contribution in [0.5, 0.6) is 5.75 Å². The van der Waals surface area contributed by atoms with Gasteiger partial charge in [-0.1, -0.05) is 30.7 Å². The SMILES string of the molecule is CCCS(=O)(=O)CCOc1ccc(C(N)=S)cc1Cl. The Morgan fingerprint density at radius 3 is 2.63 bits per heavy atom. The van der Waals surface area contributed by atoms with Crippen molar-refractivity contribution in [2.45, 2.75) is 13.3 Å². The Labute approximate surface area is 123 Å². The lowest BCUT2D eigenvalue weighted by Crippen LogP contribution is -2.17. The molecule has 0 heterocycles. The number of hydrogen-bond acceptors (Lipinski definition) is 4. The zero-order valence-electron chi connectivity index (χ0n) is 10.6. The lowest BCUT2D eigenvalue weighted by Gasteiger charge is -2.09. The van der Waals surface area contributed by atoms with E-state index in [1.165, 1.54) is 0 Å². The Kier molecular flexibility index (Phi) is 6.03. The van der Waals surface area contributed by atoms with E-state index in [0.29, 0.717) is 22.8 Å². The summed E-state index contributed by atoms with van der Waals surface area (Å²) >= 11 is 10.8. The molecular weight excluding hydrogens is 306 g/mol. The maximum absolute atomic E-state index is 11.5. The first-order valence-corrected chi connectivity index (χ1v) is 8.39. The first-order valence-electron chi connectivity index (χ1n) is 5.78. The largest absolute Gasteiger partial charge is 0.491 e. The Morgan fingerprint density at radius 2 is 2.11 bits per heavy atom. The number of hydrogen-bond donors (Lipinski definition) is 1. The fourth-order valence-corrected chi connectivity index (χ4v) is 2.99. The quantitative estimate of drug-likeness (QED) is 0.779. The molecule has 0 aromatic heterocycles. The van der Waals surface area contributed by atoms with Crippen molar-refractivity contribution < 1.29 is 13.2 Å². The third-order valence-corrected chi connectivity index (χ3v) is 4.73. The highest BCUT2D eigenvalue weighted by molar-refractivity contribution is 7.91. The van der Waals surface area contributed by atoms with Crippen molar-refractivity contribution in [1.29, 1.82) is 0 Å². The van der Waals surface area contributed by atoms with E-state index in [-0.39, 0.29) is 23.1 Å². The van der Waals surface area contributed by atoms with Gasteiger partial charge in [-0.15, -0.1) is 0 Å². The Balaban J connectivity index is 2.62. The van der Waals surface area contributed by atoms with Crippen molar-refractivity contribution in [1.82, 2.24) is 0 Å². The number of thiocarbonyl (C=S) groups is 1. The third kappa shape index (κ3) is 5.34. The smallest absolute Gasteiger partial charge is 0.153 e. The van der Waals surface area contributed by atoms with Crippen LogP contribution < -0.4 is 10.5 Å². The van der Waals surface area contributed by atoms with Crippen molar-refractivity contribution in [2.24, 2.45) is 5.73 Å². The van der Waals surface area contributed by atoms with Gasteiger partial charge in [-0.3, -0.25) is 0 Å². The highest BCUT2D eigenvalue weighted by Gasteiger charge is 2.10. The van der Waals surface area contributed by atoms with Gasteiger partial charge in [-0.2, -0.15) is 0 Å². The van der Waals surface area contributed by atoms with Gasteiger partial charge in [0.15, 0.2) is 9.84 Å². The maximum Gasteiger partial charge on any atom is 0.153 e. The number of ether oxygens (including phenoxy) is 1. The summed E-state index contributed by atoms with van der Waals surface area (Å²) in [5, 5.41) is 0.359. The van der Waals surface area contributed by atoms with Crippen molar-refractivity contribution in [2.75, 3.05) is 18.1 Å². The summed E-state index contributed by atoms with van der Waals surface area (Å²) in [4.78, 5) is 0.249. The fraction of sp³-hybridized carbons (Fsp3) is 0.417. The molecule has 0 radical (unpaired) electrons. The molecule has 0 atom stereocenters. The molecule has 0 bridgehead atoms. The van der Waals surface area contributed by atoms with E-state index in [2.05, 4.69) is 0 Å². The Morgan fingerprint density at radius 1 is 1.42 bits per heavy atom. The zero-order valence-corrected chi connectivity index (χ0v) is 12.9.